The molecule has 0 radical (unpaired) electrons. The number of nitrogens with one attached hydrogen (secondary N) is 3. The van der Waals surface area contributed by atoms with E-state index < -0.39 is 27.5 Å². The minimum absolute atomic E-state index is 0.0925. The van der Waals surface area contributed by atoms with Crippen molar-refractivity contribution in [3.8, 4) is 0 Å². The predicted molar refractivity (Wildman–Crippen MR) is 90.6 cm³/mol. The Morgan fingerprint density at radius 1 is 1.35 bits per heavy atom. The summed E-state index contributed by atoms with van der Waals surface area (Å²) in [5.41, 5.74) is -0.134. The molecule has 0 aliphatic rings. The van der Waals surface area contributed by atoms with Crippen LogP contribution in [0.5, 0.6) is 0 Å². The Morgan fingerprint density at radius 3 is 2.48 bits per heavy atom. The van der Waals surface area contributed by atoms with Gasteiger partial charge in [0.1, 0.15) is 11.9 Å². The van der Waals surface area contributed by atoms with Crippen LogP contribution >= 0.6 is 47.0 Å². The highest BCUT2D eigenvalue weighted by molar-refractivity contribution is 7.80. The zero-order chi connectivity index (χ0) is 17.6. The molecular formula is C11H10Cl3FN4O3S. The minimum atomic E-state index is -2.04. The van der Waals surface area contributed by atoms with E-state index in [0.29, 0.717) is 0 Å². The van der Waals surface area contributed by atoms with Gasteiger partial charge in [0, 0.05) is 6.07 Å². The first-order valence-electron chi connectivity index (χ1n) is 5.88. The van der Waals surface area contributed by atoms with Crippen LogP contribution in [0.3, 0.4) is 0 Å². The number of carbonyl (C=O) groups excluding carboxylic acids is 1. The third-order valence-corrected chi connectivity index (χ3v) is 3.25. The second kappa shape index (κ2) is 8.44. The summed E-state index contributed by atoms with van der Waals surface area (Å²) in [6, 6.07) is 5.71. The Bertz CT molecular complexity index is 614. The lowest BCUT2D eigenvalue weighted by Gasteiger charge is -2.27. The van der Waals surface area contributed by atoms with Crippen LogP contribution in [0.15, 0.2) is 24.3 Å². The van der Waals surface area contributed by atoms with Crippen LogP contribution in [0.2, 0.25) is 0 Å². The number of hydrogen-bond acceptors (Lipinski definition) is 4. The molecule has 0 aliphatic heterocycles. The molecule has 0 saturated heterocycles. The maximum Gasteiger partial charge on any atom is 0.292 e. The Hall–Kier alpha value is -1.42. The highest BCUT2D eigenvalue weighted by Crippen LogP contribution is 2.29. The maximum absolute atomic E-state index is 12.3. The number of rotatable bonds is 5. The SMILES string of the molecule is O=C(CF)N[C@@H](NC(=S)Nc1ccccc1[N+](=O)[O-])C(Cl)(Cl)Cl. The third kappa shape index (κ3) is 6.30. The largest absolute Gasteiger partial charge is 0.339 e. The number of para-hydroxylation sites is 2. The van der Waals surface area contributed by atoms with Crippen molar-refractivity contribution < 1.29 is 14.1 Å². The number of thiocarbonyl (C=S) groups is 1. The molecule has 0 fully saturated rings. The van der Waals surface area contributed by atoms with Crippen molar-refractivity contribution in [1.29, 1.82) is 0 Å². The zero-order valence-corrected chi connectivity index (χ0v) is 14.3. The molecule has 0 aromatic heterocycles. The van der Waals surface area contributed by atoms with Crippen LogP contribution < -0.4 is 16.0 Å². The van der Waals surface area contributed by atoms with E-state index in [2.05, 4.69) is 16.0 Å². The molecule has 0 heterocycles. The van der Waals surface area contributed by atoms with Gasteiger partial charge in [0.05, 0.1) is 4.92 Å². The summed E-state index contributed by atoms with van der Waals surface area (Å²) in [6.45, 7) is -1.32. The van der Waals surface area contributed by atoms with Crippen LogP contribution in [0.1, 0.15) is 0 Å². The monoisotopic (exact) mass is 402 g/mol. The lowest BCUT2D eigenvalue weighted by Crippen LogP contribution is -2.56. The molecule has 1 aromatic rings. The summed E-state index contributed by atoms with van der Waals surface area (Å²) in [4.78, 5) is 21.4. The highest BCUT2D eigenvalue weighted by Gasteiger charge is 2.34. The van der Waals surface area contributed by atoms with Crippen molar-refractivity contribution in [2.75, 3.05) is 12.0 Å². The van der Waals surface area contributed by atoms with E-state index in [1.54, 1.807) is 6.07 Å². The molecule has 7 nitrogen and oxygen atoms in total. The first-order valence-corrected chi connectivity index (χ1v) is 7.42. The van der Waals surface area contributed by atoms with Gasteiger partial charge in [0.2, 0.25) is 3.79 Å². The lowest BCUT2D eigenvalue weighted by molar-refractivity contribution is -0.383. The summed E-state index contributed by atoms with van der Waals surface area (Å²) in [5, 5.41) is 17.8. The average Bonchev–Trinajstić information content (AvgIpc) is 2.45. The second-order valence-electron chi connectivity index (χ2n) is 4.05. The third-order valence-electron chi connectivity index (χ3n) is 2.38. The van der Waals surface area contributed by atoms with Gasteiger partial charge in [-0.25, -0.2) is 4.39 Å². The number of carbonyl (C=O) groups is 1. The predicted octanol–water partition coefficient (Wildman–Crippen LogP) is 2.66. The highest BCUT2D eigenvalue weighted by atomic mass is 35.6. The molecule has 23 heavy (non-hydrogen) atoms. The van der Waals surface area contributed by atoms with Crippen LogP contribution in [0, 0.1) is 10.1 Å². The molecule has 0 bridgehead atoms. The quantitative estimate of drug-likeness (QED) is 0.230. The standard InChI is InChI=1S/C11H10Cl3FN4O3S/c12-11(13,14)9(17-8(20)5-15)18-10(23)16-6-3-1-2-4-7(6)19(21)22/h1-4,9H,5H2,(H,17,20)(H2,16,18,23)/t9-/m0/s1. The van der Waals surface area contributed by atoms with Crippen molar-refractivity contribution in [1.82, 2.24) is 10.6 Å². The number of hydrogen-bond donors (Lipinski definition) is 3. The van der Waals surface area contributed by atoms with Gasteiger partial charge in [-0.05, 0) is 18.3 Å². The maximum atomic E-state index is 12.3. The summed E-state index contributed by atoms with van der Waals surface area (Å²) in [5.74, 6) is -1.03. The molecule has 0 unspecified atom stereocenters. The summed E-state index contributed by atoms with van der Waals surface area (Å²) in [7, 11) is 0. The topological polar surface area (TPSA) is 96.3 Å². The normalized spacial score (nSPS) is 12.2. The summed E-state index contributed by atoms with van der Waals surface area (Å²) < 4.78 is 10.2. The minimum Gasteiger partial charge on any atom is -0.339 e. The van der Waals surface area contributed by atoms with E-state index >= 15 is 0 Å². The summed E-state index contributed by atoms with van der Waals surface area (Å²) >= 11 is 21.9. The number of halogens is 4. The number of nitrogens with zero attached hydrogens (tertiary/aromatic N) is 1. The fourth-order valence-electron chi connectivity index (χ4n) is 1.43. The van der Waals surface area contributed by atoms with Crippen LogP contribution in [-0.4, -0.2) is 32.6 Å². The molecule has 0 aliphatic carbocycles. The molecule has 1 aromatic carbocycles. The molecule has 12 heteroatoms. The fourth-order valence-corrected chi connectivity index (χ4v) is 1.98. The summed E-state index contributed by atoms with van der Waals surface area (Å²) in [6.07, 6.45) is -1.35. The van der Waals surface area contributed by atoms with E-state index in [1.165, 1.54) is 18.2 Å². The van der Waals surface area contributed by atoms with Crippen molar-refractivity contribution in [2.24, 2.45) is 0 Å². The number of amides is 1. The van der Waals surface area contributed by atoms with Crippen molar-refractivity contribution >= 4 is 69.4 Å². The molecule has 126 valence electrons. The van der Waals surface area contributed by atoms with E-state index in [9.17, 15) is 19.3 Å². The Kier molecular flexibility index (Phi) is 7.20. The Labute approximate surface area is 150 Å². The molecule has 1 amide bonds. The van der Waals surface area contributed by atoms with E-state index in [-0.39, 0.29) is 16.5 Å². The van der Waals surface area contributed by atoms with Crippen LogP contribution in [0.25, 0.3) is 0 Å². The zero-order valence-electron chi connectivity index (χ0n) is 11.2. The molecule has 3 N–H and O–H groups in total. The van der Waals surface area contributed by atoms with Crippen molar-refractivity contribution in [2.45, 2.75) is 9.96 Å². The van der Waals surface area contributed by atoms with Gasteiger partial charge in [-0.1, -0.05) is 46.9 Å². The number of benzene rings is 1. The smallest absolute Gasteiger partial charge is 0.292 e. The average molecular weight is 404 g/mol. The van der Waals surface area contributed by atoms with Gasteiger partial charge in [-0.2, -0.15) is 0 Å². The van der Waals surface area contributed by atoms with Crippen LogP contribution in [0.4, 0.5) is 15.8 Å². The van der Waals surface area contributed by atoms with Gasteiger partial charge in [-0.3, -0.25) is 14.9 Å². The van der Waals surface area contributed by atoms with Gasteiger partial charge < -0.3 is 16.0 Å². The fraction of sp³-hybridized carbons (Fsp3) is 0.273. The molecule has 0 saturated carbocycles. The Balaban J connectivity index is 2.84. The van der Waals surface area contributed by atoms with Gasteiger partial charge in [0.15, 0.2) is 11.8 Å². The van der Waals surface area contributed by atoms with Gasteiger partial charge in [0.25, 0.3) is 11.6 Å². The van der Waals surface area contributed by atoms with Crippen molar-refractivity contribution in [3.05, 3.63) is 34.4 Å². The molecule has 1 atom stereocenters. The van der Waals surface area contributed by atoms with E-state index in [1.807, 2.05) is 0 Å². The molecule has 0 spiro atoms. The molecule has 1 rings (SSSR count). The number of alkyl halides is 4. The second-order valence-corrected chi connectivity index (χ2v) is 6.83. The number of anilines is 1. The van der Waals surface area contributed by atoms with Crippen LogP contribution in [-0.2, 0) is 4.79 Å². The number of nitro benzene ring substituents is 1. The first-order chi connectivity index (χ1) is 10.6. The Morgan fingerprint density at radius 2 is 1.96 bits per heavy atom. The van der Waals surface area contributed by atoms with Gasteiger partial charge >= 0.3 is 0 Å². The lowest BCUT2D eigenvalue weighted by atomic mass is 10.3. The van der Waals surface area contributed by atoms with Crippen molar-refractivity contribution in [3.63, 3.8) is 0 Å². The van der Waals surface area contributed by atoms with E-state index in [4.69, 9.17) is 47.0 Å². The first kappa shape index (κ1) is 19.6. The van der Waals surface area contributed by atoms with E-state index in [0.717, 1.165) is 0 Å². The molecular weight excluding hydrogens is 394 g/mol. The van der Waals surface area contributed by atoms with Gasteiger partial charge in [-0.15, -0.1) is 0 Å². The number of nitro groups is 1.